The van der Waals surface area contributed by atoms with Crippen LogP contribution < -0.4 is 10.6 Å². The number of furan rings is 1. The topological polar surface area (TPSA) is 86.9 Å². The minimum atomic E-state index is -3.08. The first-order chi connectivity index (χ1) is 11.4. The van der Waals surface area contributed by atoms with Crippen molar-refractivity contribution in [3.05, 3.63) is 23.2 Å². The summed E-state index contributed by atoms with van der Waals surface area (Å²) in [5.74, 6) is 2.70. The van der Waals surface area contributed by atoms with Gasteiger partial charge in [-0.25, -0.2) is 12.7 Å². The highest BCUT2D eigenvalue weighted by Crippen LogP contribution is 2.15. The third kappa shape index (κ3) is 6.14. The lowest BCUT2D eigenvalue weighted by Crippen LogP contribution is -2.49. The second-order valence-electron chi connectivity index (χ2n) is 6.08. The summed E-state index contributed by atoms with van der Waals surface area (Å²) in [6, 6.07) is 2.25. The summed E-state index contributed by atoms with van der Waals surface area (Å²) in [7, 11) is -1.34. The molecule has 0 aliphatic carbocycles. The maximum atomic E-state index is 11.9. The molecule has 1 aliphatic heterocycles. The van der Waals surface area contributed by atoms with E-state index in [9.17, 15) is 8.42 Å². The van der Waals surface area contributed by atoms with Crippen LogP contribution in [0.1, 0.15) is 36.8 Å². The van der Waals surface area contributed by atoms with Crippen molar-refractivity contribution in [3.63, 3.8) is 0 Å². The minimum Gasteiger partial charge on any atom is -0.466 e. The third-order valence-corrected chi connectivity index (χ3v) is 6.25. The van der Waals surface area contributed by atoms with Crippen LogP contribution in [-0.2, 0) is 16.6 Å². The Balaban J connectivity index is 0.00000312. The molecule has 7 nitrogen and oxygen atoms in total. The van der Waals surface area contributed by atoms with E-state index in [0.717, 1.165) is 35.9 Å². The van der Waals surface area contributed by atoms with Crippen molar-refractivity contribution in [3.8, 4) is 0 Å². The van der Waals surface area contributed by atoms with Crippen LogP contribution in [0, 0.1) is 13.8 Å². The number of guanidine groups is 1. The van der Waals surface area contributed by atoms with Crippen LogP contribution in [0.2, 0.25) is 0 Å². The molecule has 1 aromatic rings. The van der Waals surface area contributed by atoms with Gasteiger partial charge in [-0.1, -0.05) is 0 Å². The van der Waals surface area contributed by atoms with Crippen molar-refractivity contribution in [2.45, 2.75) is 46.2 Å². The van der Waals surface area contributed by atoms with Gasteiger partial charge in [0, 0.05) is 38.3 Å². The van der Waals surface area contributed by atoms with Crippen LogP contribution in [0.15, 0.2) is 15.5 Å². The Morgan fingerprint density at radius 1 is 1.36 bits per heavy atom. The summed E-state index contributed by atoms with van der Waals surface area (Å²) in [6.45, 7) is 7.33. The highest BCUT2D eigenvalue weighted by Gasteiger charge is 2.27. The van der Waals surface area contributed by atoms with Crippen molar-refractivity contribution in [1.82, 2.24) is 14.9 Å². The normalized spacial score (nSPS) is 17.2. The fraction of sp³-hybridized carbons (Fsp3) is 0.688. The summed E-state index contributed by atoms with van der Waals surface area (Å²) >= 11 is 0. The van der Waals surface area contributed by atoms with E-state index in [0.29, 0.717) is 19.6 Å². The van der Waals surface area contributed by atoms with Crippen molar-refractivity contribution in [2.75, 3.05) is 25.9 Å². The number of aliphatic imine (C=N–C) groups is 1. The van der Waals surface area contributed by atoms with Gasteiger partial charge in [-0.15, -0.1) is 24.0 Å². The van der Waals surface area contributed by atoms with Gasteiger partial charge in [0.1, 0.15) is 11.5 Å². The summed E-state index contributed by atoms with van der Waals surface area (Å²) in [5, 5.41) is 6.67. The monoisotopic (exact) mass is 484 g/mol. The first-order valence-corrected chi connectivity index (χ1v) is 9.97. The molecule has 0 spiro atoms. The predicted molar refractivity (Wildman–Crippen MR) is 111 cm³/mol. The summed E-state index contributed by atoms with van der Waals surface area (Å²) in [4.78, 5) is 4.25. The predicted octanol–water partition coefficient (Wildman–Crippen LogP) is 1.99. The average molecular weight is 484 g/mol. The van der Waals surface area contributed by atoms with E-state index >= 15 is 0 Å². The standard InChI is InChI=1S/C16H28N4O3S.HI/c1-5-24(21,22)20-8-6-15(7-9-20)19-16(17-4)18-11-14-10-12(2)23-13(14)3;/h10,15H,5-9,11H2,1-4H3,(H2,17,18,19);1H. The van der Waals surface area contributed by atoms with E-state index < -0.39 is 10.0 Å². The van der Waals surface area contributed by atoms with Gasteiger partial charge in [0.25, 0.3) is 0 Å². The zero-order valence-electron chi connectivity index (χ0n) is 15.3. The number of piperidine rings is 1. The van der Waals surface area contributed by atoms with Gasteiger partial charge in [0.05, 0.1) is 5.75 Å². The van der Waals surface area contributed by atoms with Crippen molar-refractivity contribution in [2.24, 2.45) is 4.99 Å². The second kappa shape index (κ2) is 9.77. The van der Waals surface area contributed by atoms with Gasteiger partial charge in [0.2, 0.25) is 10.0 Å². The van der Waals surface area contributed by atoms with E-state index in [1.807, 2.05) is 19.9 Å². The van der Waals surface area contributed by atoms with Crippen molar-refractivity contribution < 1.29 is 12.8 Å². The molecular formula is C16H29IN4O3S. The first kappa shape index (κ1) is 22.2. The fourth-order valence-corrected chi connectivity index (χ4v) is 4.02. The number of halogens is 1. The second-order valence-corrected chi connectivity index (χ2v) is 8.34. The van der Waals surface area contributed by atoms with Gasteiger partial charge in [-0.2, -0.15) is 0 Å². The molecule has 1 saturated heterocycles. The Bertz CT molecular complexity index is 680. The maximum absolute atomic E-state index is 11.9. The lowest BCUT2D eigenvalue weighted by Gasteiger charge is -2.32. The summed E-state index contributed by atoms with van der Waals surface area (Å²) in [6.07, 6.45) is 1.56. The van der Waals surface area contributed by atoms with Crippen LogP contribution in [0.5, 0.6) is 0 Å². The first-order valence-electron chi connectivity index (χ1n) is 8.36. The van der Waals surface area contributed by atoms with Crippen LogP contribution in [0.3, 0.4) is 0 Å². The SMILES string of the molecule is CCS(=O)(=O)N1CCC(NC(=NC)NCc2cc(C)oc2C)CC1.I. The molecule has 25 heavy (non-hydrogen) atoms. The fourth-order valence-electron chi connectivity index (χ4n) is 2.89. The van der Waals surface area contributed by atoms with Crippen molar-refractivity contribution in [1.29, 1.82) is 0 Å². The molecular weight excluding hydrogens is 455 g/mol. The zero-order valence-corrected chi connectivity index (χ0v) is 18.5. The number of nitrogens with one attached hydrogen (secondary N) is 2. The Kier molecular flexibility index (Phi) is 8.69. The molecule has 1 aliphatic rings. The number of sulfonamides is 1. The number of hydrogen-bond acceptors (Lipinski definition) is 4. The van der Waals surface area contributed by atoms with E-state index in [4.69, 9.17) is 4.42 Å². The molecule has 0 amide bonds. The number of rotatable bonds is 5. The largest absolute Gasteiger partial charge is 0.466 e. The lowest BCUT2D eigenvalue weighted by atomic mass is 10.1. The molecule has 0 saturated carbocycles. The maximum Gasteiger partial charge on any atom is 0.213 e. The third-order valence-electron chi connectivity index (χ3n) is 4.37. The molecule has 0 radical (unpaired) electrons. The zero-order chi connectivity index (χ0) is 17.7. The van der Waals surface area contributed by atoms with Crippen LogP contribution in [0.25, 0.3) is 0 Å². The Labute approximate surface area is 167 Å². The van der Waals surface area contributed by atoms with Gasteiger partial charge in [0.15, 0.2) is 5.96 Å². The highest BCUT2D eigenvalue weighted by atomic mass is 127. The molecule has 0 unspecified atom stereocenters. The molecule has 0 aromatic carbocycles. The molecule has 144 valence electrons. The molecule has 1 aromatic heterocycles. The van der Waals surface area contributed by atoms with Gasteiger partial charge >= 0.3 is 0 Å². The Morgan fingerprint density at radius 2 is 2.00 bits per heavy atom. The van der Waals surface area contributed by atoms with Crippen LogP contribution >= 0.6 is 24.0 Å². The Hall–Kier alpha value is -0.810. The minimum absolute atomic E-state index is 0. The molecule has 9 heteroatoms. The van der Waals surface area contributed by atoms with Crippen LogP contribution in [-0.4, -0.2) is 50.6 Å². The average Bonchev–Trinajstić information content (AvgIpc) is 2.89. The summed E-state index contributed by atoms with van der Waals surface area (Å²) < 4.78 is 30.9. The molecule has 0 atom stereocenters. The number of hydrogen-bond donors (Lipinski definition) is 2. The van der Waals surface area contributed by atoms with Crippen molar-refractivity contribution >= 4 is 40.0 Å². The number of aryl methyl sites for hydroxylation is 2. The molecule has 2 rings (SSSR count). The molecule has 2 heterocycles. The van der Waals surface area contributed by atoms with Gasteiger partial charge in [-0.05, 0) is 39.7 Å². The molecule has 1 fully saturated rings. The van der Waals surface area contributed by atoms with E-state index in [2.05, 4.69) is 15.6 Å². The number of nitrogens with zero attached hydrogens (tertiary/aromatic N) is 2. The van der Waals surface area contributed by atoms with E-state index in [-0.39, 0.29) is 35.8 Å². The van der Waals surface area contributed by atoms with Gasteiger partial charge < -0.3 is 15.1 Å². The smallest absolute Gasteiger partial charge is 0.213 e. The molecule has 0 bridgehead atoms. The lowest BCUT2D eigenvalue weighted by molar-refractivity contribution is 0.306. The van der Waals surface area contributed by atoms with Gasteiger partial charge in [-0.3, -0.25) is 4.99 Å². The quantitative estimate of drug-likeness (QED) is 0.379. The highest BCUT2D eigenvalue weighted by molar-refractivity contribution is 14.0. The van der Waals surface area contributed by atoms with E-state index in [1.54, 1.807) is 18.3 Å². The molecule has 2 N–H and O–H groups in total. The Morgan fingerprint density at radius 3 is 2.48 bits per heavy atom. The van der Waals surface area contributed by atoms with Crippen LogP contribution in [0.4, 0.5) is 0 Å². The van der Waals surface area contributed by atoms with E-state index in [1.165, 1.54) is 0 Å². The summed E-state index contributed by atoms with van der Waals surface area (Å²) in [5.41, 5.74) is 1.11.